The van der Waals surface area contributed by atoms with E-state index in [1.165, 1.54) is 18.2 Å². The van der Waals surface area contributed by atoms with Gasteiger partial charge in [-0.3, -0.25) is 0 Å². The molecule has 2 aromatic rings. The minimum atomic E-state index is -3.83. The molecule has 0 spiro atoms. The summed E-state index contributed by atoms with van der Waals surface area (Å²) in [4.78, 5) is 3.77. The van der Waals surface area contributed by atoms with Crippen molar-refractivity contribution in [2.75, 3.05) is 6.26 Å². The van der Waals surface area contributed by atoms with Crippen molar-refractivity contribution in [3.63, 3.8) is 0 Å². The lowest BCUT2D eigenvalue weighted by Crippen LogP contribution is -1.95. The van der Waals surface area contributed by atoms with Crippen molar-refractivity contribution in [1.82, 2.24) is 4.98 Å². The fourth-order valence-corrected chi connectivity index (χ4v) is 3.78. The second kappa shape index (κ2) is 3.91. The molecule has 17 heavy (non-hydrogen) atoms. The summed E-state index contributed by atoms with van der Waals surface area (Å²) in [6.07, 6.45) is 1.05. The van der Waals surface area contributed by atoms with Crippen LogP contribution in [0.1, 0.15) is 0 Å². The zero-order valence-electron chi connectivity index (χ0n) is 8.41. The number of hydrogen-bond acceptors (Lipinski definition) is 6. The van der Waals surface area contributed by atoms with Crippen LogP contribution in [0.5, 0.6) is 0 Å². The second-order valence-electron chi connectivity index (χ2n) is 3.32. The number of thiazole rings is 1. The summed E-state index contributed by atoms with van der Waals surface area (Å²) in [6.45, 7) is 0. The highest BCUT2D eigenvalue weighted by atomic mass is 35.7. The van der Waals surface area contributed by atoms with Gasteiger partial charge in [0.2, 0.25) is 14.2 Å². The fourth-order valence-electron chi connectivity index (χ4n) is 1.20. The Balaban J connectivity index is 2.73. The van der Waals surface area contributed by atoms with Gasteiger partial charge in [0.05, 0.1) is 15.1 Å². The molecule has 0 radical (unpaired) electrons. The average molecular weight is 312 g/mol. The van der Waals surface area contributed by atoms with Crippen molar-refractivity contribution >= 4 is 51.1 Å². The number of aromatic nitrogens is 1. The number of benzene rings is 1. The maximum atomic E-state index is 11.3. The Morgan fingerprint density at radius 1 is 1.24 bits per heavy atom. The Morgan fingerprint density at radius 3 is 2.41 bits per heavy atom. The lowest BCUT2D eigenvalue weighted by molar-refractivity contribution is 0.601. The van der Waals surface area contributed by atoms with Crippen LogP contribution in [0.15, 0.2) is 27.4 Å². The highest BCUT2D eigenvalue weighted by molar-refractivity contribution is 8.13. The van der Waals surface area contributed by atoms with E-state index in [-0.39, 0.29) is 9.24 Å². The quantitative estimate of drug-likeness (QED) is 0.787. The normalized spacial score (nSPS) is 13.1. The predicted molar refractivity (Wildman–Crippen MR) is 65.8 cm³/mol. The third kappa shape index (κ3) is 2.59. The summed E-state index contributed by atoms with van der Waals surface area (Å²) in [7, 11) is -2.04. The first-order valence-corrected chi connectivity index (χ1v) is 9.25. The number of rotatable bonds is 2. The van der Waals surface area contributed by atoms with Crippen LogP contribution in [0.2, 0.25) is 0 Å². The van der Waals surface area contributed by atoms with E-state index >= 15 is 0 Å². The molecule has 92 valence electrons. The standard InChI is InChI=1S/C8H6ClNO4S3/c1-16(11,12)8-10-6-4-5(17(9,13)14)2-3-7(6)15-8/h2-4H,1H3. The van der Waals surface area contributed by atoms with Gasteiger partial charge in [0.1, 0.15) is 0 Å². The molecule has 2 rings (SSSR count). The van der Waals surface area contributed by atoms with Crippen molar-refractivity contribution in [2.45, 2.75) is 9.24 Å². The van der Waals surface area contributed by atoms with Gasteiger partial charge in [-0.2, -0.15) is 0 Å². The third-order valence-electron chi connectivity index (χ3n) is 1.94. The zero-order valence-corrected chi connectivity index (χ0v) is 11.6. The van der Waals surface area contributed by atoms with Gasteiger partial charge >= 0.3 is 0 Å². The Morgan fingerprint density at radius 2 is 1.88 bits per heavy atom. The molecule has 0 fully saturated rings. The van der Waals surface area contributed by atoms with E-state index in [2.05, 4.69) is 4.98 Å². The minimum Gasteiger partial charge on any atom is -0.225 e. The van der Waals surface area contributed by atoms with Crippen molar-refractivity contribution < 1.29 is 16.8 Å². The largest absolute Gasteiger partial charge is 0.261 e. The number of hydrogen-bond donors (Lipinski definition) is 0. The molecule has 0 unspecified atom stereocenters. The summed E-state index contributed by atoms with van der Waals surface area (Å²) < 4.78 is 45.3. The van der Waals surface area contributed by atoms with E-state index in [9.17, 15) is 16.8 Å². The van der Waals surface area contributed by atoms with Crippen molar-refractivity contribution in [3.05, 3.63) is 18.2 Å². The molecule has 0 atom stereocenters. The molecule has 0 N–H and O–H groups in total. The molecule has 0 bridgehead atoms. The van der Waals surface area contributed by atoms with Crippen molar-refractivity contribution in [3.8, 4) is 0 Å². The third-order valence-corrected chi connectivity index (χ3v) is 6.00. The van der Waals surface area contributed by atoms with E-state index in [1.54, 1.807) is 0 Å². The molecular weight excluding hydrogens is 306 g/mol. The molecule has 0 saturated heterocycles. The Bertz CT molecular complexity index is 761. The summed E-state index contributed by atoms with van der Waals surface area (Å²) in [6, 6.07) is 4.05. The van der Waals surface area contributed by atoms with Crippen LogP contribution in [-0.2, 0) is 18.9 Å². The molecule has 1 aromatic heterocycles. The van der Waals surface area contributed by atoms with Gasteiger partial charge in [-0.15, -0.1) is 11.3 Å². The predicted octanol–water partition coefficient (Wildman–Crippen LogP) is 1.63. The zero-order chi connectivity index (χ0) is 12.8. The Kier molecular flexibility index (Phi) is 2.93. The first kappa shape index (κ1) is 12.7. The molecule has 0 aliphatic rings. The molecule has 0 aliphatic carbocycles. The first-order chi connectivity index (χ1) is 7.68. The Labute approximate surface area is 106 Å². The summed E-state index contributed by atoms with van der Waals surface area (Å²) in [5.41, 5.74) is 0.303. The lowest BCUT2D eigenvalue weighted by atomic mass is 10.3. The molecule has 1 aromatic carbocycles. The summed E-state index contributed by atoms with van der Waals surface area (Å²) in [5.74, 6) is 0. The van der Waals surface area contributed by atoms with E-state index < -0.39 is 18.9 Å². The maximum absolute atomic E-state index is 11.3. The van der Waals surface area contributed by atoms with Crippen LogP contribution in [0.3, 0.4) is 0 Å². The van der Waals surface area contributed by atoms with Gasteiger partial charge in [0.15, 0.2) is 0 Å². The second-order valence-corrected chi connectivity index (χ2v) is 9.11. The SMILES string of the molecule is CS(=O)(=O)c1nc2cc(S(=O)(=O)Cl)ccc2s1. The van der Waals surface area contributed by atoms with Gasteiger partial charge in [-0.25, -0.2) is 21.8 Å². The Hall–Kier alpha value is -0.700. The summed E-state index contributed by atoms with van der Waals surface area (Å²) >= 11 is 0.987. The number of sulfone groups is 1. The van der Waals surface area contributed by atoms with Crippen molar-refractivity contribution in [2.24, 2.45) is 0 Å². The van der Waals surface area contributed by atoms with Gasteiger partial charge < -0.3 is 0 Å². The van der Waals surface area contributed by atoms with Crippen LogP contribution in [0.4, 0.5) is 0 Å². The minimum absolute atomic E-state index is 0.0448. The number of halogens is 1. The number of fused-ring (bicyclic) bond motifs is 1. The molecular formula is C8H6ClNO4S3. The van der Waals surface area contributed by atoms with Gasteiger partial charge in [0, 0.05) is 16.9 Å². The van der Waals surface area contributed by atoms with Crippen LogP contribution in [0, 0.1) is 0 Å². The topological polar surface area (TPSA) is 81.2 Å². The fraction of sp³-hybridized carbons (Fsp3) is 0.125. The van der Waals surface area contributed by atoms with E-state index in [0.29, 0.717) is 10.2 Å². The van der Waals surface area contributed by atoms with Crippen molar-refractivity contribution in [1.29, 1.82) is 0 Å². The van der Waals surface area contributed by atoms with Gasteiger partial charge in [-0.05, 0) is 18.2 Å². The van der Waals surface area contributed by atoms with Gasteiger partial charge in [-0.1, -0.05) is 0 Å². The maximum Gasteiger partial charge on any atom is 0.261 e. The molecule has 0 saturated carbocycles. The smallest absolute Gasteiger partial charge is 0.225 e. The lowest BCUT2D eigenvalue weighted by Gasteiger charge is -1.94. The molecule has 0 amide bonds. The molecule has 0 aliphatic heterocycles. The highest BCUT2D eigenvalue weighted by Crippen LogP contribution is 2.28. The van der Waals surface area contributed by atoms with Crippen LogP contribution < -0.4 is 0 Å². The van der Waals surface area contributed by atoms with Crippen LogP contribution in [-0.4, -0.2) is 28.1 Å². The number of nitrogens with zero attached hydrogens (tertiary/aromatic N) is 1. The molecule has 9 heteroatoms. The monoisotopic (exact) mass is 311 g/mol. The van der Waals surface area contributed by atoms with Crippen LogP contribution in [0.25, 0.3) is 10.2 Å². The van der Waals surface area contributed by atoms with E-state index in [4.69, 9.17) is 10.7 Å². The van der Waals surface area contributed by atoms with E-state index in [0.717, 1.165) is 17.6 Å². The van der Waals surface area contributed by atoms with Gasteiger partial charge in [0.25, 0.3) is 9.05 Å². The van der Waals surface area contributed by atoms with E-state index in [1.807, 2.05) is 0 Å². The van der Waals surface area contributed by atoms with Crippen LogP contribution >= 0.6 is 22.0 Å². The molecule has 1 heterocycles. The average Bonchev–Trinajstić information content (AvgIpc) is 2.57. The highest BCUT2D eigenvalue weighted by Gasteiger charge is 2.16. The summed E-state index contributed by atoms with van der Waals surface area (Å²) in [5, 5.41) is 0. The molecule has 5 nitrogen and oxygen atoms in total. The first-order valence-electron chi connectivity index (χ1n) is 4.23.